The summed E-state index contributed by atoms with van der Waals surface area (Å²) in [6.07, 6.45) is 2.07. The van der Waals surface area contributed by atoms with E-state index in [0.29, 0.717) is 5.90 Å². The summed E-state index contributed by atoms with van der Waals surface area (Å²) in [6.45, 7) is 0. The molecule has 3 nitrogen and oxygen atoms in total. The Bertz CT molecular complexity index is 929. The number of rotatable bonds is 4. The van der Waals surface area contributed by atoms with E-state index in [9.17, 15) is 0 Å². The maximum Gasteiger partial charge on any atom is 0.222 e. The Morgan fingerprint density at radius 3 is 2.08 bits per heavy atom. The summed E-state index contributed by atoms with van der Waals surface area (Å²) in [4.78, 5) is 4.83. The molecule has 3 heteroatoms. The number of aliphatic imine (C=N–C) groups is 1. The second-order valence-electron chi connectivity index (χ2n) is 6.02. The van der Waals surface area contributed by atoms with Crippen LogP contribution in [-0.2, 0) is 4.74 Å². The predicted molar refractivity (Wildman–Crippen MR) is 104 cm³/mol. The first kappa shape index (κ1) is 16.2. The van der Waals surface area contributed by atoms with Crippen LogP contribution in [0.15, 0.2) is 96.0 Å². The highest BCUT2D eigenvalue weighted by Crippen LogP contribution is 2.31. The Kier molecular flexibility index (Phi) is 4.52. The molecular weight excluding hydrogens is 322 g/mol. The van der Waals surface area contributed by atoms with E-state index in [1.165, 1.54) is 0 Å². The van der Waals surface area contributed by atoms with Gasteiger partial charge < -0.3 is 9.47 Å². The minimum atomic E-state index is -0.0859. The fraction of sp³-hybridized carbons (Fsp3) is 0.0870. The van der Waals surface area contributed by atoms with Gasteiger partial charge in [-0.2, -0.15) is 0 Å². The van der Waals surface area contributed by atoms with Crippen LogP contribution in [0.3, 0.4) is 0 Å². The molecule has 0 unspecified atom stereocenters. The molecule has 0 saturated carbocycles. The molecular formula is C23H19NO2. The standard InChI is InChI=1S/C23H19NO2/c1-25-20-14-12-19(13-15-20)23-24-21(17-8-4-2-5-9-17)16-22(26-23)18-10-6-3-7-11-18/h2-16,21H,1H3/t21-/m1/s1. The van der Waals surface area contributed by atoms with Crippen LogP contribution in [-0.4, -0.2) is 13.0 Å². The van der Waals surface area contributed by atoms with Gasteiger partial charge in [0.2, 0.25) is 5.90 Å². The van der Waals surface area contributed by atoms with E-state index in [2.05, 4.69) is 18.2 Å². The number of nitrogens with zero attached hydrogens (tertiary/aromatic N) is 1. The molecule has 0 spiro atoms. The van der Waals surface area contributed by atoms with Crippen molar-refractivity contribution in [2.24, 2.45) is 4.99 Å². The maximum absolute atomic E-state index is 6.15. The molecule has 0 bridgehead atoms. The molecule has 0 amide bonds. The number of hydrogen-bond acceptors (Lipinski definition) is 3. The van der Waals surface area contributed by atoms with Crippen LogP contribution in [0, 0.1) is 0 Å². The molecule has 0 fully saturated rings. The van der Waals surface area contributed by atoms with Gasteiger partial charge in [-0.25, -0.2) is 4.99 Å². The largest absolute Gasteiger partial charge is 0.497 e. The first-order chi connectivity index (χ1) is 12.8. The first-order valence-electron chi connectivity index (χ1n) is 8.56. The second-order valence-corrected chi connectivity index (χ2v) is 6.02. The summed E-state index contributed by atoms with van der Waals surface area (Å²) in [5, 5.41) is 0. The molecule has 1 atom stereocenters. The SMILES string of the molecule is COc1ccc(C2=N[C@@H](c3ccccc3)C=C(c3ccccc3)O2)cc1. The Morgan fingerprint density at radius 1 is 0.769 bits per heavy atom. The lowest BCUT2D eigenvalue weighted by Crippen LogP contribution is -2.14. The normalized spacial score (nSPS) is 16.3. The Hall–Kier alpha value is -3.33. The van der Waals surface area contributed by atoms with Gasteiger partial charge in [0.1, 0.15) is 17.6 Å². The average Bonchev–Trinajstić information content (AvgIpc) is 2.75. The molecule has 1 aliphatic heterocycles. The summed E-state index contributed by atoms with van der Waals surface area (Å²) < 4.78 is 11.4. The zero-order valence-corrected chi connectivity index (χ0v) is 14.5. The van der Waals surface area contributed by atoms with Crippen LogP contribution in [0.25, 0.3) is 5.76 Å². The molecule has 3 aromatic rings. The van der Waals surface area contributed by atoms with Gasteiger partial charge >= 0.3 is 0 Å². The van der Waals surface area contributed by atoms with Gasteiger partial charge in [0.05, 0.1) is 7.11 Å². The number of ether oxygens (including phenoxy) is 2. The molecule has 0 aromatic heterocycles. The fourth-order valence-corrected chi connectivity index (χ4v) is 2.92. The number of hydrogen-bond donors (Lipinski definition) is 0. The van der Waals surface area contributed by atoms with Gasteiger partial charge in [0.15, 0.2) is 0 Å². The lowest BCUT2D eigenvalue weighted by atomic mass is 10.0. The minimum absolute atomic E-state index is 0.0859. The molecule has 0 saturated heterocycles. The van der Waals surface area contributed by atoms with Gasteiger partial charge in [-0.05, 0) is 35.9 Å². The predicted octanol–water partition coefficient (Wildman–Crippen LogP) is 5.25. The Balaban J connectivity index is 1.75. The van der Waals surface area contributed by atoms with Gasteiger partial charge in [-0.3, -0.25) is 0 Å². The zero-order chi connectivity index (χ0) is 17.8. The summed E-state index contributed by atoms with van der Waals surface area (Å²) >= 11 is 0. The van der Waals surface area contributed by atoms with Crippen molar-refractivity contribution in [2.75, 3.05) is 7.11 Å². The van der Waals surface area contributed by atoms with E-state index in [-0.39, 0.29) is 6.04 Å². The number of benzene rings is 3. The monoisotopic (exact) mass is 341 g/mol. The lowest BCUT2D eigenvalue weighted by Gasteiger charge is -2.22. The molecule has 3 aromatic carbocycles. The van der Waals surface area contributed by atoms with Gasteiger partial charge in [-0.1, -0.05) is 60.7 Å². The van der Waals surface area contributed by atoms with Gasteiger partial charge in [0.25, 0.3) is 0 Å². The molecule has 1 aliphatic rings. The van der Waals surface area contributed by atoms with Crippen LogP contribution in [0.4, 0.5) is 0 Å². The van der Waals surface area contributed by atoms with Crippen LogP contribution in [0.1, 0.15) is 22.7 Å². The van der Waals surface area contributed by atoms with Crippen LogP contribution < -0.4 is 4.74 Å². The third-order valence-corrected chi connectivity index (χ3v) is 4.31. The van der Waals surface area contributed by atoms with E-state index < -0.39 is 0 Å². The second kappa shape index (κ2) is 7.28. The van der Waals surface area contributed by atoms with E-state index >= 15 is 0 Å². The van der Waals surface area contributed by atoms with E-state index in [4.69, 9.17) is 14.5 Å². The van der Waals surface area contributed by atoms with Crippen molar-refractivity contribution in [1.82, 2.24) is 0 Å². The van der Waals surface area contributed by atoms with E-state index in [0.717, 1.165) is 28.2 Å². The van der Waals surface area contributed by atoms with Crippen LogP contribution >= 0.6 is 0 Å². The molecule has 0 aliphatic carbocycles. The smallest absolute Gasteiger partial charge is 0.222 e. The van der Waals surface area contributed by atoms with Crippen molar-refractivity contribution in [1.29, 1.82) is 0 Å². The van der Waals surface area contributed by atoms with Crippen molar-refractivity contribution in [3.05, 3.63) is 108 Å². The Morgan fingerprint density at radius 2 is 1.42 bits per heavy atom. The highest BCUT2D eigenvalue weighted by atomic mass is 16.5. The highest BCUT2D eigenvalue weighted by molar-refractivity contribution is 5.98. The number of methoxy groups -OCH3 is 1. The summed E-state index contributed by atoms with van der Waals surface area (Å²) in [5.74, 6) is 2.24. The third-order valence-electron chi connectivity index (χ3n) is 4.31. The first-order valence-corrected chi connectivity index (χ1v) is 8.56. The van der Waals surface area contributed by atoms with Crippen molar-refractivity contribution >= 4 is 11.7 Å². The molecule has 4 rings (SSSR count). The van der Waals surface area contributed by atoms with E-state index in [1.54, 1.807) is 7.11 Å². The van der Waals surface area contributed by atoms with Crippen molar-refractivity contribution in [3.63, 3.8) is 0 Å². The Labute approximate surface area is 153 Å². The molecule has 128 valence electrons. The highest BCUT2D eigenvalue weighted by Gasteiger charge is 2.21. The fourth-order valence-electron chi connectivity index (χ4n) is 2.92. The van der Waals surface area contributed by atoms with E-state index in [1.807, 2.05) is 72.8 Å². The van der Waals surface area contributed by atoms with Crippen molar-refractivity contribution < 1.29 is 9.47 Å². The van der Waals surface area contributed by atoms with Crippen molar-refractivity contribution in [2.45, 2.75) is 6.04 Å². The topological polar surface area (TPSA) is 30.8 Å². The average molecular weight is 341 g/mol. The van der Waals surface area contributed by atoms with Gasteiger partial charge in [0, 0.05) is 11.1 Å². The van der Waals surface area contributed by atoms with Gasteiger partial charge in [-0.15, -0.1) is 0 Å². The molecule has 26 heavy (non-hydrogen) atoms. The maximum atomic E-state index is 6.15. The van der Waals surface area contributed by atoms with Crippen LogP contribution in [0.5, 0.6) is 5.75 Å². The molecule has 0 N–H and O–H groups in total. The summed E-state index contributed by atoms with van der Waals surface area (Å²) in [7, 11) is 1.66. The molecule has 0 radical (unpaired) electrons. The summed E-state index contributed by atoms with van der Waals surface area (Å²) in [5.41, 5.74) is 3.10. The van der Waals surface area contributed by atoms with Crippen molar-refractivity contribution in [3.8, 4) is 5.75 Å². The summed E-state index contributed by atoms with van der Waals surface area (Å²) in [6, 6.07) is 28.0. The molecule has 1 heterocycles. The lowest BCUT2D eigenvalue weighted by molar-refractivity contribution is 0.414. The quantitative estimate of drug-likeness (QED) is 0.648. The minimum Gasteiger partial charge on any atom is -0.497 e. The third kappa shape index (κ3) is 3.38. The van der Waals surface area contributed by atoms with Crippen LogP contribution in [0.2, 0.25) is 0 Å². The zero-order valence-electron chi connectivity index (χ0n) is 14.5.